The Bertz CT molecular complexity index is 893. The van der Waals surface area contributed by atoms with Crippen molar-refractivity contribution in [2.75, 3.05) is 12.4 Å². The van der Waals surface area contributed by atoms with Crippen LogP contribution in [0.1, 0.15) is 28.4 Å². The van der Waals surface area contributed by atoms with Crippen LogP contribution in [0, 0.1) is 13.8 Å². The van der Waals surface area contributed by atoms with E-state index >= 15 is 0 Å². The fourth-order valence-electron chi connectivity index (χ4n) is 2.80. The Morgan fingerprint density at radius 3 is 2.77 bits per heavy atom. The number of rotatable bonds is 6. The number of para-hydroxylation sites is 1. The van der Waals surface area contributed by atoms with Crippen molar-refractivity contribution in [3.8, 4) is 5.75 Å². The summed E-state index contributed by atoms with van der Waals surface area (Å²) >= 11 is 0. The molecule has 0 spiro atoms. The second-order valence-electron chi connectivity index (χ2n) is 6.15. The number of nitrogens with zero attached hydrogens (tertiary/aromatic N) is 3. The highest BCUT2D eigenvalue weighted by molar-refractivity contribution is 5.96. The van der Waals surface area contributed by atoms with Crippen molar-refractivity contribution in [2.45, 2.75) is 26.2 Å². The van der Waals surface area contributed by atoms with Crippen LogP contribution < -0.4 is 10.1 Å². The maximum Gasteiger partial charge on any atom is 0.235 e. The molecule has 0 saturated heterocycles. The van der Waals surface area contributed by atoms with Gasteiger partial charge in [-0.15, -0.1) is 10.2 Å². The van der Waals surface area contributed by atoms with Gasteiger partial charge < -0.3 is 10.1 Å². The number of carbonyl (C=O) groups is 1. The standard InChI is InChI=1S/C19H21N5O2/c1-12-8-9-13(2)16(10-12)20-19(25)15(18-21-23-24-22-18)11-14-6-4-5-7-17(14)26-3/h4-10,15H,11H2,1-3H3,(H,20,25)(H,21,22,23,24). The summed E-state index contributed by atoms with van der Waals surface area (Å²) in [4.78, 5) is 13.0. The molecule has 0 fully saturated rings. The molecule has 0 bridgehead atoms. The second-order valence-corrected chi connectivity index (χ2v) is 6.15. The molecule has 3 aromatic rings. The molecule has 0 radical (unpaired) electrons. The molecule has 134 valence electrons. The molecule has 0 saturated carbocycles. The van der Waals surface area contributed by atoms with Gasteiger partial charge in [-0.1, -0.05) is 35.5 Å². The zero-order valence-corrected chi connectivity index (χ0v) is 15.0. The number of tetrazole rings is 1. The van der Waals surface area contributed by atoms with Crippen LogP contribution in [0.5, 0.6) is 5.75 Å². The Balaban J connectivity index is 1.89. The van der Waals surface area contributed by atoms with Crippen molar-refractivity contribution in [2.24, 2.45) is 0 Å². The van der Waals surface area contributed by atoms with E-state index in [2.05, 4.69) is 25.9 Å². The number of aryl methyl sites for hydroxylation is 2. The molecule has 3 rings (SSSR count). The number of methoxy groups -OCH3 is 1. The van der Waals surface area contributed by atoms with Gasteiger partial charge in [0.15, 0.2) is 5.82 Å². The average molecular weight is 351 g/mol. The Kier molecular flexibility index (Phi) is 5.26. The second kappa shape index (κ2) is 7.77. The van der Waals surface area contributed by atoms with Gasteiger partial charge in [0.1, 0.15) is 11.7 Å². The Labute approximate surface area is 151 Å². The number of hydrogen-bond donors (Lipinski definition) is 2. The highest BCUT2D eigenvalue weighted by Gasteiger charge is 2.27. The number of benzene rings is 2. The van der Waals surface area contributed by atoms with Crippen molar-refractivity contribution in [1.29, 1.82) is 0 Å². The van der Waals surface area contributed by atoms with Crippen molar-refractivity contribution >= 4 is 11.6 Å². The summed E-state index contributed by atoms with van der Waals surface area (Å²) in [6.45, 7) is 3.94. The number of aromatic amines is 1. The van der Waals surface area contributed by atoms with Crippen LogP contribution in [0.2, 0.25) is 0 Å². The molecule has 1 unspecified atom stereocenters. The van der Waals surface area contributed by atoms with E-state index in [9.17, 15) is 4.79 Å². The number of amides is 1. The third kappa shape index (κ3) is 3.88. The summed E-state index contributed by atoms with van der Waals surface area (Å²) in [5.41, 5.74) is 3.75. The Morgan fingerprint density at radius 2 is 2.04 bits per heavy atom. The summed E-state index contributed by atoms with van der Waals surface area (Å²) in [6, 6.07) is 13.5. The van der Waals surface area contributed by atoms with Crippen LogP contribution in [-0.2, 0) is 11.2 Å². The molecule has 7 nitrogen and oxygen atoms in total. The lowest BCUT2D eigenvalue weighted by atomic mass is 9.96. The van der Waals surface area contributed by atoms with Crippen LogP contribution in [0.3, 0.4) is 0 Å². The number of anilines is 1. The minimum atomic E-state index is -0.593. The van der Waals surface area contributed by atoms with Gasteiger partial charge in [-0.2, -0.15) is 5.21 Å². The van der Waals surface area contributed by atoms with Crippen LogP contribution >= 0.6 is 0 Å². The van der Waals surface area contributed by atoms with Gasteiger partial charge in [0.2, 0.25) is 5.91 Å². The number of ether oxygens (including phenoxy) is 1. The predicted octanol–water partition coefficient (Wildman–Crippen LogP) is 2.79. The molecule has 2 N–H and O–H groups in total. The molecule has 1 heterocycles. The SMILES string of the molecule is COc1ccccc1CC(C(=O)Nc1cc(C)ccc1C)c1nn[nH]n1. The molecular formula is C19H21N5O2. The fourth-order valence-corrected chi connectivity index (χ4v) is 2.80. The quantitative estimate of drug-likeness (QED) is 0.712. The highest BCUT2D eigenvalue weighted by atomic mass is 16.5. The van der Waals surface area contributed by atoms with Gasteiger partial charge in [0.05, 0.1) is 7.11 Å². The van der Waals surface area contributed by atoms with Gasteiger partial charge in [0.25, 0.3) is 0 Å². The lowest BCUT2D eigenvalue weighted by Gasteiger charge is -2.17. The van der Waals surface area contributed by atoms with Crippen LogP contribution in [0.4, 0.5) is 5.69 Å². The van der Waals surface area contributed by atoms with Gasteiger partial charge in [-0.25, -0.2) is 0 Å². The lowest BCUT2D eigenvalue weighted by molar-refractivity contribution is -0.117. The molecule has 0 aliphatic carbocycles. The number of hydrogen-bond acceptors (Lipinski definition) is 5. The van der Waals surface area contributed by atoms with Gasteiger partial charge in [-0.05, 0) is 49.1 Å². The Morgan fingerprint density at radius 1 is 1.23 bits per heavy atom. The van der Waals surface area contributed by atoms with E-state index in [1.54, 1.807) is 7.11 Å². The first-order valence-corrected chi connectivity index (χ1v) is 8.32. The molecular weight excluding hydrogens is 330 g/mol. The minimum absolute atomic E-state index is 0.189. The summed E-state index contributed by atoms with van der Waals surface area (Å²) < 4.78 is 5.40. The molecule has 2 aromatic carbocycles. The molecule has 1 aromatic heterocycles. The summed E-state index contributed by atoms with van der Waals surface area (Å²) in [5.74, 6) is 0.287. The van der Waals surface area contributed by atoms with Crippen molar-refractivity contribution in [3.63, 3.8) is 0 Å². The number of aromatic nitrogens is 4. The topological polar surface area (TPSA) is 92.8 Å². The van der Waals surface area contributed by atoms with Crippen molar-refractivity contribution in [3.05, 3.63) is 65.0 Å². The van der Waals surface area contributed by atoms with Crippen LogP contribution in [0.15, 0.2) is 42.5 Å². The highest BCUT2D eigenvalue weighted by Crippen LogP contribution is 2.26. The van der Waals surface area contributed by atoms with E-state index in [4.69, 9.17) is 4.74 Å². The minimum Gasteiger partial charge on any atom is -0.496 e. The lowest BCUT2D eigenvalue weighted by Crippen LogP contribution is -2.24. The third-order valence-electron chi connectivity index (χ3n) is 4.26. The molecule has 1 amide bonds. The zero-order valence-electron chi connectivity index (χ0n) is 15.0. The number of H-pyrrole nitrogens is 1. The number of nitrogens with one attached hydrogen (secondary N) is 2. The normalized spacial score (nSPS) is 11.8. The molecule has 1 atom stereocenters. The van der Waals surface area contributed by atoms with Crippen molar-refractivity contribution in [1.82, 2.24) is 20.6 Å². The molecule has 26 heavy (non-hydrogen) atoms. The molecule has 0 aliphatic rings. The summed E-state index contributed by atoms with van der Waals surface area (Å²) in [5, 5.41) is 17.1. The smallest absolute Gasteiger partial charge is 0.235 e. The monoisotopic (exact) mass is 351 g/mol. The first-order chi connectivity index (χ1) is 12.6. The largest absolute Gasteiger partial charge is 0.496 e. The summed E-state index contributed by atoms with van der Waals surface area (Å²) in [7, 11) is 1.61. The summed E-state index contributed by atoms with van der Waals surface area (Å²) in [6.07, 6.45) is 0.403. The van der Waals surface area contributed by atoms with Gasteiger partial charge >= 0.3 is 0 Å². The van der Waals surface area contributed by atoms with E-state index in [0.29, 0.717) is 12.2 Å². The third-order valence-corrected chi connectivity index (χ3v) is 4.26. The van der Waals surface area contributed by atoms with E-state index < -0.39 is 5.92 Å². The van der Waals surface area contributed by atoms with E-state index in [1.165, 1.54) is 0 Å². The number of carbonyl (C=O) groups excluding carboxylic acids is 1. The van der Waals surface area contributed by atoms with Gasteiger partial charge in [0, 0.05) is 5.69 Å². The maximum absolute atomic E-state index is 13.0. The van der Waals surface area contributed by atoms with Crippen LogP contribution in [0.25, 0.3) is 0 Å². The van der Waals surface area contributed by atoms with E-state index in [1.807, 2.05) is 56.3 Å². The van der Waals surface area contributed by atoms with Gasteiger partial charge in [-0.3, -0.25) is 4.79 Å². The predicted molar refractivity (Wildman–Crippen MR) is 98.2 cm³/mol. The zero-order chi connectivity index (χ0) is 18.5. The van der Waals surface area contributed by atoms with Crippen LogP contribution in [-0.4, -0.2) is 33.6 Å². The maximum atomic E-state index is 13.0. The van der Waals surface area contributed by atoms with E-state index in [-0.39, 0.29) is 5.91 Å². The van der Waals surface area contributed by atoms with E-state index in [0.717, 1.165) is 28.1 Å². The van der Waals surface area contributed by atoms with Crippen molar-refractivity contribution < 1.29 is 9.53 Å². The molecule has 7 heteroatoms. The molecule has 0 aliphatic heterocycles. The Hall–Kier alpha value is -3.22. The average Bonchev–Trinajstić information content (AvgIpc) is 3.17. The first kappa shape index (κ1) is 17.6. The first-order valence-electron chi connectivity index (χ1n) is 8.32. The fraction of sp³-hybridized carbons (Fsp3) is 0.263.